The summed E-state index contributed by atoms with van der Waals surface area (Å²) in [5.41, 5.74) is 0. The first kappa shape index (κ1) is 22.2. The van der Waals surface area contributed by atoms with Crippen molar-refractivity contribution >= 4 is 11.9 Å². The van der Waals surface area contributed by atoms with Crippen LogP contribution in [-0.4, -0.2) is 24.1 Å². The molecular formula is C23H40O4. The molecule has 0 radical (unpaired) electrons. The van der Waals surface area contributed by atoms with Crippen molar-refractivity contribution in [1.29, 1.82) is 0 Å². The Labute approximate surface area is 165 Å². The Balaban J connectivity index is 1.87. The van der Waals surface area contributed by atoms with Gasteiger partial charge in [0, 0.05) is 0 Å². The molecule has 0 amide bonds. The molecule has 4 heteroatoms. The Morgan fingerprint density at radius 2 is 1.11 bits per heavy atom. The molecule has 6 atom stereocenters. The Hall–Kier alpha value is -1.06. The molecule has 2 fully saturated rings. The number of ether oxygens (including phenoxy) is 2. The summed E-state index contributed by atoms with van der Waals surface area (Å²) < 4.78 is 11.5. The van der Waals surface area contributed by atoms with Crippen molar-refractivity contribution in [3.63, 3.8) is 0 Å². The first-order valence-corrected chi connectivity index (χ1v) is 11.1. The van der Waals surface area contributed by atoms with Crippen LogP contribution in [0.25, 0.3) is 0 Å². The molecule has 0 bridgehead atoms. The highest BCUT2D eigenvalue weighted by Crippen LogP contribution is 2.37. The van der Waals surface area contributed by atoms with Crippen LogP contribution < -0.4 is 0 Å². The third kappa shape index (κ3) is 6.50. The molecular weight excluding hydrogens is 340 g/mol. The van der Waals surface area contributed by atoms with Crippen molar-refractivity contribution in [2.45, 2.75) is 98.7 Å². The minimum absolute atomic E-state index is 0.0628. The Morgan fingerprint density at radius 1 is 0.741 bits per heavy atom. The van der Waals surface area contributed by atoms with Crippen LogP contribution in [0.5, 0.6) is 0 Å². The highest BCUT2D eigenvalue weighted by molar-refractivity contribution is 5.91. The lowest BCUT2D eigenvalue weighted by atomic mass is 9.75. The van der Waals surface area contributed by atoms with Gasteiger partial charge >= 0.3 is 11.9 Å². The molecule has 0 saturated heterocycles. The van der Waals surface area contributed by atoms with Gasteiger partial charge in [0.1, 0.15) is 18.6 Å². The Morgan fingerprint density at radius 3 is 1.44 bits per heavy atom. The third-order valence-electron chi connectivity index (χ3n) is 6.78. The van der Waals surface area contributed by atoms with Gasteiger partial charge in [0.2, 0.25) is 0 Å². The van der Waals surface area contributed by atoms with Crippen molar-refractivity contribution in [2.24, 2.45) is 35.5 Å². The second-order valence-corrected chi connectivity index (χ2v) is 9.89. The van der Waals surface area contributed by atoms with Gasteiger partial charge < -0.3 is 9.47 Å². The van der Waals surface area contributed by atoms with Crippen LogP contribution in [0, 0.1) is 35.5 Å². The quantitative estimate of drug-likeness (QED) is 0.458. The number of carbonyl (C=O) groups is 2. The van der Waals surface area contributed by atoms with E-state index in [9.17, 15) is 9.59 Å². The van der Waals surface area contributed by atoms with Crippen molar-refractivity contribution in [2.75, 3.05) is 0 Å². The molecule has 0 aromatic rings. The number of carbonyl (C=O) groups excluding carboxylic acids is 2. The van der Waals surface area contributed by atoms with Crippen LogP contribution in [0.4, 0.5) is 0 Å². The summed E-state index contributed by atoms with van der Waals surface area (Å²) in [6.07, 6.45) is 5.99. The van der Waals surface area contributed by atoms with Crippen LogP contribution in [-0.2, 0) is 19.1 Å². The monoisotopic (exact) mass is 380 g/mol. The topological polar surface area (TPSA) is 52.6 Å². The van der Waals surface area contributed by atoms with Crippen molar-refractivity contribution in [3.8, 4) is 0 Å². The van der Waals surface area contributed by atoms with Gasteiger partial charge in [-0.3, -0.25) is 9.59 Å². The molecule has 2 aliphatic rings. The third-order valence-corrected chi connectivity index (χ3v) is 6.78. The first-order valence-electron chi connectivity index (χ1n) is 11.1. The molecule has 27 heavy (non-hydrogen) atoms. The van der Waals surface area contributed by atoms with Gasteiger partial charge in [0.05, 0.1) is 0 Å². The van der Waals surface area contributed by atoms with Crippen LogP contribution >= 0.6 is 0 Å². The standard InChI is InChI=1S/C23H40O4/c1-14(2)18-9-7-16(5)11-20(18)26-22(24)13-23(25)27-21-12-17(6)8-10-19(21)15(3)4/h14-21H,7-13H2,1-6H3. The van der Waals surface area contributed by atoms with Crippen LogP contribution in [0.15, 0.2) is 0 Å². The molecule has 0 aromatic heterocycles. The molecule has 2 saturated carbocycles. The number of esters is 2. The van der Waals surface area contributed by atoms with Gasteiger partial charge in [-0.1, -0.05) is 54.4 Å². The lowest BCUT2D eigenvalue weighted by Gasteiger charge is -2.37. The predicted octanol–water partition coefficient (Wildman–Crippen LogP) is 5.38. The average Bonchev–Trinajstić information content (AvgIpc) is 2.53. The second-order valence-electron chi connectivity index (χ2n) is 9.89. The van der Waals surface area contributed by atoms with Crippen molar-refractivity contribution < 1.29 is 19.1 Å². The van der Waals surface area contributed by atoms with Gasteiger partial charge in [-0.15, -0.1) is 0 Å². The SMILES string of the molecule is CC1CCC(C(C)C)C(OC(=O)CC(=O)OC2CC(C)CCC2C(C)C)C1. The summed E-state index contributed by atoms with van der Waals surface area (Å²) >= 11 is 0. The van der Waals surface area contributed by atoms with E-state index in [1.807, 2.05) is 0 Å². The number of hydrogen-bond donors (Lipinski definition) is 0. The predicted molar refractivity (Wildman–Crippen MR) is 107 cm³/mol. The van der Waals surface area contributed by atoms with E-state index in [-0.39, 0.29) is 18.6 Å². The number of rotatable bonds is 6. The van der Waals surface area contributed by atoms with Crippen LogP contribution in [0.3, 0.4) is 0 Å². The maximum absolute atomic E-state index is 12.4. The normalized spacial score (nSPS) is 34.5. The van der Waals surface area contributed by atoms with Crippen molar-refractivity contribution in [3.05, 3.63) is 0 Å². The van der Waals surface area contributed by atoms with Crippen LogP contribution in [0.2, 0.25) is 0 Å². The van der Waals surface area contributed by atoms with E-state index in [2.05, 4.69) is 41.5 Å². The summed E-state index contributed by atoms with van der Waals surface area (Å²) in [4.78, 5) is 24.8. The van der Waals surface area contributed by atoms with Gasteiger partial charge in [0.25, 0.3) is 0 Å². The van der Waals surface area contributed by atoms with Gasteiger partial charge in [0.15, 0.2) is 0 Å². The summed E-state index contributed by atoms with van der Waals surface area (Å²) in [5.74, 6) is 2.05. The molecule has 0 N–H and O–H groups in total. The fourth-order valence-corrected chi connectivity index (χ4v) is 5.04. The zero-order valence-corrected chi connectivity index (χ0v) is 18.2. The van der Waals surface area contributed by atoms with E-state index in [4.69, 9.17) is 9.47 Å². The Kier molecular flexibility index (Phi) is 8.18. The summed E-state index contributed by atoms with van der Waals surface area (Å²) in [7, 11) is 0. The Bertz CT molecular complexity index is 455. The van der Waals surface area contributed by atoms with E-state index in [1.165, 1.54) is 12.8 Å². The van der Waals surface area contributed by atoms with E-state index in [0.29, 0.717) is 35.5 Å². The maximum Gasteiger partial charge on any atom is 0.317 e. The highest BCUT2D eigenvalue weighted by atomic mass is 16.6. The molecule has 6 unspecified atom stereocenters. The fraction of sp³-hybridized carbons (Fsp3) is 0.913. The summed E-state index contributed by atoms with van der Waals surface area (Å²) in [5, 5.41) is 0. The van der Waals surface area contributed by atoms with E-state index >= 15 is 0 Å². The zero-order chi connectivity index (χ0) is 20.1. The molecule has 2 rings (SSSR count). The molecule has 4 nitrogen and oxygen atoms in total. The smallest absolute Gasteiger partial charge is 0.317 e. The molecule has 0 aliphatic heterocycles. The molecule has 2 aliphatic carbocycles. The first-order chi connectivity index (χ1) is 12.7. The van der Waals surface area contributed by atoms with Crippen molar-refractivity contribution in [1.82, 2.24) is 0 Å². The van der Waals surface area contributed by atoms with Gasteiger partial charge in [-0.05, 0) is 61.2 Å². The fourth-order valence-electron chi connectivity index (χ4n) is 5.04. The molecule has 0 spiro atoms. The largest absolute Gasteiger partial charge is 0.462 e. The molecule has 156 valence electrons. The minimum atomic E-state index is -0.422. The average molecular weight is 381 g/mol. The van der Waals surface area contributed by atoms with E-state index in [0.717, 1.165) is 25.7 Å². The molecule has 0 aromatic carbocycles. The molecule has 0 heterocycles. The lowest BCUT2D eigenvalue weighted by molar-refractivity contribution is -0.167. The van der Waals surface area contributed by atoms with Crippen LogP contribution in [0.1, 0.15) is 86.5 Å². The number of hydrogen-bond acceptors (Lipinski definition) is 4. The zero-order valence-electron chi connectivity index (χ0n) is 18.2. The second kappa shape index (κ2) is 9.93. The highest BCUT2D eigenvalue weighted by Gasteiger charge is 2.36. The lowest BCUT2D eigenvalue weighted by Crippen LogP contribution is -2.38. The maximum atomic E-state index is 12.4. The van der Waals surface area contributed by atoms with Gasteiger partial charge in [-0.25, -0.2) is 0 Å². The summed E-state index contributed by atoms with van der Waals surface area (Å²) in [6.45, 7) is 13.2. The van der Waals surface area contributed by atoms with E-state index < -0.39 is 11.9 Å². The van der Waals surface area contributed by atoms with E-state index in [1.54, 1.807) is 0 Å². The van der Waals surface area contributed by atoms with Gasteiger partial charge in [-0.2, -0.15) is 0 Å². The minimum Gasteiger partial charge on any atom is -0.462 e. The summed E-state index contributed by atoms with van der Waals surface area (Å²) in [6, 6.07) is 0.